The molecule has 0 amide bonds. The molecule has 0 aromatic carbocycles. The first-order valence-corrected chi connectivity index (χ1v) is 3.73. The van der Waals surface area contributed by atoms with Gasteiger partial charge in [-0.05, 0) is 0 Å². The Kier molecular flexibility index (Phi) is 3.23. The second-order valence-electron chi connectivity index (χ2n) is 2.42. The fraction of sp³-hybridized carbons (Fsp3) is 0.429. The van der Waals surface area contributed by atoms with Crippen LogP contribution < -0.4 is 10.5 Å². The van der Waals surface area contributed by atoms with Crippen LogP contribution in [0, 0.1) is 0 Å². The summed E-state index contributed by atoms with van der Waals surface area (Å²) in [5.74, 6) is 0.113. The highest BCUT2D eigenvalue weighted by Gasteiger charge is 2.28. The summed E-state index contributed by atoms with van der Waals surface area (Å²) in [6, 6.07) is 1.24. The fourth-order valence-electron chi connectivity index (χ4n) is 0.715. The van der Waals surface area contributed by atoms with E-state index in [4.69, 9.17) is 5.73 Å². The molecule has 0 bridgehead atoms. The maximum absolute atomic E-state index is 11.7. The molecule has 0 fully saturated rings. The summed E-state index contributed by atoms with van der Waals surface area (Å²) >= 11 is 0. The minimum atomic E-state index is -4.37. The molecule has 0 radical (unpaired) electrons. The van der Waals surface area contributed by atoms with Crippen LogP contribution in [0.4, 0.5) is 13.2 Å². The second kappa shape index (κ2) is 4.23. The van der Waals surface area contributed by atoms with Crippen molar-refractivity contribution in [3.8, 4) is 5.88 Å². The predicted molar refractivity (Wildman–Crippen MR) is 41.5 cm³/mol. The molecular formula is C7H8F3N3O. The predicted octanol–water partition coefficient (Wildman–Crippen LogP) is 0.876. The van der Waals surface area contributed by atoms with Gasteiger partial charge in [0.15, 0.2) is 6.61 Å². The summed E-state index contributed by atoms with van der Waals surface area (Å²) in [6.07, 6.45) is -3.07. The normalized spacial score (nSPS) is 11.4. The highest BCUT2D eigenvalue weighted by molar-refractivity contribution is 5.08. The molecule has 1 rings (SSSR count). The van der Waals surface area contributed by atoms with Gasteiger partial charge in [0.1, 0.15) is 5.82 Å². The van der Waals surface area contributed by atoms with Crippen molar-refractivity contribution in [2.45, 2.75) is 12.7 Å². The molecule has 7 heteroatoms. The maximum atomic E-state index is 11.7. The molecule has 0 aliphatic rings. The van der Waals surface area contributed by atoms with Crippen LogP contribution in [0.5, 0.6) is 5.88 Å². The van der Waals surface area contributed by atoms with E-state index >= 15 is 0 Å². The Bertz CT molecular complexity index is 302. The number of aromatic nitrogens is 2. The Morgan fingerprint density at radius 3 is 2.71 bits per heavy atom. The quantitative estimate of drug-likeness (QED) is 0.799. The van der Waals surface area contributed by atoms with Crippen molar-refractivity contribution in [3.63, 3.8) is 0 Å². The number of halogens is 3. The highest BCUT2D eigenvalue weighted by atomic mass is 19.4. The summed E-state index contributed by atoms with van der Waals surface area (Å²) in [5, 5.41) is 0. The summed E-state index contributed by atoms with van der Waals surface area (Å²) in [5.41, 5.74) is 5.20. The van der Waals surface area contributed by atoms with Crippen LogP contribution in [-0.2, 0) is 6.54 Å². The van der Waals surface area contributed by atoms with Gasteiger partial charge in [-0.1, -0.05) is 0 Å². The fourth-order valence-corrected chi connectivity index (χ4v) is 0.715. The van der Waals surface area contributed by atoms with E-state index in [1.54, 1.807) is 0 Å². The molecule has 0 atom stereocenters. The summed E-state index contributed by atoms with van der Waals surface area (Å²) < 4.78 is 39.6. The van der Waals surface area contributed by atoms with Crippen LogP contribution in [0.2, 0.25) is 0 Å². The number of nitrogens with zero attached hydrogens (tertiary/aromatic N) is 2. The van der Waals surface area contributed by atoms with Crippen LogP contribution in [0.15, 0.2) is 12.3 Å². The SMILES string of the molecule is NCc1nccc(OCC(F)(F)F)n1. The molecule has 2 N–H and O–H groups in total. The average molecular weight is 207 g/mol. The summed E-state index contributed by atoms with van der Waals surface area (Å²) in [7, 11) is 0. The lowest BCUT2D eigenvalue weighted by Crippen LogP contribution is -2.20. The first-order valence-electron chi connectivity index (χ1n) is 3.73. The maximum Gasteiger partial charge on any atom is 0.422 e. The smallest absolute Gasteiger partial charge is 0.422 e. The second-order valence-corrected chi connectivity index (χ2v) is 2.42. The number of ether oxygens (including phenoxy) is 1. The van der Waals surface area contributed by atoms with E-state index in [0.717, 1.165) is 0 Å². The van der Waals surface area contributed by atoms with Crippen LogP contribution in [-0.4, -0.2) is 22.8 Å². The third-order valence-electron chi connectivity index (χ3n) is 1.25. The van der Waals surface area contributed by atoms with Gasteiger partial charge in [-0.25, -0.2) is 4.98 Å². The molecule has 1 aromatic rings. The van der Waals surface area contributed by atoms with E-state index in [0.29, 0.717) is 0 Å². The molecule has 0 saturated heterocycles. The molecular weight excluding hydrogens is 199 g/mol. The van der Waals surface area contributed by atoms with Crippen LogP contribution in [0.3, 0.4) is 0 Å². The van der Waals surface area contributed by atoms with Gasteiger partial charge < -0.3 is 10.5 Å². The topological polar surface area (TPSA) is 61.0 Å². The Morgan fingerprint density at radius 2 is 2.14 bits per heavy atom. The average Bonchev–Trinajstić information content (AvgIpc) is 2.14. The number of rotatable bonds is 3. The van der Waals surface area contributed by atoms with Gasteiger partial charge in [-0.2, -0.15) is 18.2 Å². The van der Waals surface area contributed by atoms with Crippen molar-refractivity contribution < 1.29 is 17.9 Å². The van der Waals surface area contributed by atoms with Gasteiger partial charge in [0.2, 0.25) is 5.88 Å². The molecule has 0 saturated carbocycles. The van der Waals surface area contributed by atoms with Crippen molar-refractivity contribution in [3.05, 3.63) is 18.1 Å². The van der Waals surface area contributed by atoms with Gasteiger partial charge in [0.25, 0.3) is 0 Å². The van der Waals surface area contributed by atoms with E-state index in [-0.39, 0.29) is 18.2 Å². The molecule has 1 heterocycles. The number of alkyl halides is 3. The third-order valence-corrected chi connectivity index (χ3v) is 1.25. The third kappa shape index (κ3) is 3.56. The monoisotopic (exact) mass is 207 g/mol. The zero-order valence-electron chi connectivity index (χ0n) is 7.08. The van der Waals surface area contributed by atoms with E-state index in [1.807, 2.05) is 0 Å². The van der Waals surface area contributed by atoms with Crippen molar-refractivity contribution in [2.24, 2.45) is 5.73 Å². The first-order chi connectivity index (χ1) is 6.51. The van der Waals surface area contributed by atoms with Gasteiger partial charge >= 0.3 is 6.18 Å². The standard InChI is InChI=1S/C7H8F3N3O/c8-7(9,10)4-14-6-1-2-12-5(3-11)13-6/h1-2H,3-4,11H2. The zero-order chi connectivity index (χ0) is 10.6. The lowest BCUT2D eigenvalue weighted by Gasteiger charge is -2.08. The van der Waals surface area contributed by atoms with Crippen molar-refractivity contribution in [2.75, 3.05) is 6.61 Å². The summed E-state index contributed by atoms with van der Waals surface area (Å²) in [4.78, 5) is 7.34. The largest absolute Gasteiger partial charge is 0.468 e. The molecule has 0 unspecified atom stereocenters. The Morgan fingerprint density at radius 1 is 1.43 bits per heavy atom. The Labute approximate surface area is 77.9 Å². The number of nitrogens with two attached hydrogens (primary N) is 1. The minimum absolute atomic E-state index is 0.0587. The lowest BCUT2D eigenvalue weighted by molar-refractivity contribution is -0.154. The number of hydrogen-bond donors (Lipinski definition) is 1. The molecule has 4 nitrogen and oxygen atoms in total. The summed E-state index contributed by atoms with van der Waals surface area (Å²) in [6.45, 7) is -1.31. The molecule has 0 aliphatic heterocycles. The molecule has 14 heavy (non-hydrogen) atoms. The van der Waals surface area contributed by atoms with Crippen LogP contribution in [0.25, 0.3) is 0 Å². The van der Waals surface area contributed by atoms with E-state index < -0.39 is 12.8 Å². The van der Waals surface area contributed by atoms with Crippen molar-refractivity contribution >= 4 is 0 Å². The van der Waals surface area contributed by atoms with Gasteiger partial charge in [0.05, 0.1) is 6.54 Å². The first kappa shape index (κ1) is 10.7. The highest BCUT2D eigenvalue weighted by Crippen LogP contribution is 2.16. The van der Waals surface area contributed by atoms with Crippen molar-refractivity contribution in [1.82, 2.24) is 9.97 Å². The van der Waals surface area contributed by atoms with Gasteiger partial charge in [-0.15, -0.1) is 0 Å². The van der Waals surface area contributed by atoms with E-state index in [2.05, 4.69) is 14.7 Å². The molecule has 0 spiro atoms. The van der Waals surface area contributed by atoms with E-state index in [1.165, 1.54) is 12.3 Å². The minimum Gasteiger partial charge on any atom is -0.468 e. The molecule has 1 aromatic heterocycles. The lowest BCUT2D eigenvalue weighted by atomic mass is 10.5. The Hall–Kier alpha value is -1.37. The van der Waals surface area contributed by atoms with Gasteiger partial charge in [0, 0.05) is 12.3 Å². The number of hydrogen-bond acceptors (Lipinski definition) is 4. The zero-order valence-corrected chi connectivity index (χ0v) is 7.08. The van der Waals surface area contributed by atoms with Gasteiger partial charge in [-0.3, -0.25) is 0 Å². The van der Waals surface area contributed by atoms with Crippen LogP contribution in [0.1, 0.15) is 5.82 Å². The molecule has 0 aliphatic carbocycles. The van der Waals surface area contributed by atoms with E-state index in [9.17, 15) is 13.2 Å². The Balaban J connectivity index is 2.59. The van der Waals surface area contributed by atoms with Crippen molar-refractivity contribution in [1.29, 1.82) is 0 Å². The molecule has 78 valence electrons. The van der Waals surface area contributed by atoms with Crippen LogP contribution >= 0.6 is 0 Å².